The highest BCUT2D eigenvalue weighted by molar-refractivity contribution is 5.72. The van der Waals surface area contributed by atoms with Gasteiger partial charge in [0.05, 0.1) is 6.10 Å². The maximum absolute atomic E-state index is 10.1. The van der Waals surface area contributed by atoms with Crippen molar-refractivity contribution < 1.29 is 9.90 Å². The summed E-state index contributed by atoms with van der Waals surface area (Å²) in [5, 5.41) is 11.0. The first-order valence-corrected chi connectivity index (χ1v) is 2.55. The van der Waals surface area contributed by atoms with Gasteiger partial charge in [0.1, 0.15) is 0 Å². The zero-order valence-electron chi connectivity index (χ0n) is 5.14. The minimum Gasteiger partial charge on any atom is -0.392 e. The minimum atomic E-state index is -0.445. The van der Waals surface area contributed by atoms with E-state index in [1.54, 1.807) is 6.92 Å². The molecule has 0 rings (SSSR count). The molecule has 3 heteroatoms. The van der Waals surface area contributed by atoms with Crippen molar-refractivity contribution in [3.05, 3.63) is 0 Å². The molecule has 0 saturated carbocycles. The molecule has 0 aromatic heterocycles. The molecule has 0 aliphatic carbocycles. The van der Waals surface area contributed by atoms with Crippen molar-refractivity contribution in [2.45, 2.75) is 20.0 Å². The van der Waals surface area contributed by atoms with Crippen LogP contribution >= 0.6 is 0 Å². The first-order chi connectivity index (χ1) is 3.63. The topological polar surface area (TPSA) is 49.3 Å². The number of nitrogens with one attached hydrogen (secondary N) is 1. The second-order valence-electron chi connectivity index (χ2n) is 1.79. The molecule has 0 heterocycles. The Morgan fingerprint density at radius 2 is 2.38 bits per heavy atom. The van der Waals surface area contributed by atoms with Gasteiger partial charge >= 0.3 is 0 Å². The van der Waals surface area contributed by atoms with E-state index >= 15 is 0 Å². The monoisotopic (exact) mass is 117 g/mol. The number of carbonyl (C=O) groups is 1. The maximum Gasteiger partial charge on any atom is 0.216 e. The Morgan fingerprint density at radius 1 is 1.88 bits per heavy atom. The van der Waals surface area contributed by atoms with Crippen LogP contribution in [-0.4, -0.2) is 23.7 Å². The highest BCUT2D eigenvalue weighted by atomic mass is 16.3. The van der Waals surface area contributed by atoms with Gasteiger partial charge in [-0.3, -0.25) is 4.79 Å². The average molecular weight is 117 g/mol. The third-order valence-corrected chi connectivity index (χ3v) is 0.646. The van der Waals surface area contributed by atoms with E-state index in [4.69, 9.17) is 5.11 Å². The number of amides is 1. The fraction of sp³-hybridized carbons (Fsp3) is 0.800. The van der Waals surface area contributed by atoms with E-state index in [2.05, 4.69) is 5.32 Å². The molecule has 0 aliphatic heterocycles. The lowest BCUT2D eigenvalue weighted by Gasteiger charge is -2.02. The van der Waals surface area contributed by atoms with E-state index in [1.807, 2.05) is 0 Å². The molecule has 0 aromatic rings. The van der Waals surface area contributed by atoms with Crippen LogP contribution in [0.25, 0.3) is 0 Å². The number of hydrogen-bond acceptors (Lipinski definition) is 2. The highest BCUT2D eigenvalue weighted by Crippen LogP contribution is 1.72. The molecule has 2 N–H and O–H groups in total. The van der Waals surface area contributed by atoms with Crippen molar-refractivity contribution in [1.82, 2.24) is 5.32 Å². The Morgan fingerprint density at radius 3 is 2.50 bits per heavy atom. The summed E-state index contributed by atoms with van der Waals surface area (Å²) in [5.74, 6) is -0.106. The van der Waals surface area contributed by atoms with Crippen LogP contribution in [0.2, 0.25) is 0 Å². The van der Waals surface area contributed by atoms with Gasteiger partial charge in [-0.15, -0.1) is 0 Å². The molecule has 8 heavy (non-hydrogen) atoms. The van der Waals surface area contributed by atoms with Crippen molar-refractivity contribution in [1.29, 1.82) is 0 Å². The average Bonchev–Trinajstić information content (AvgIpc) is 1.61. The molecule has 0 aromatic carbocycles. The van der Waals surface area contributed by atoms with Crippen LogP contribution < -0.4 is 5.32 Å². The third kappa shape index (κ3) is 5.43. The number of rotatable bonds is 2. The Hall–Kier alpha value is -0.570. The van der Waals surface area contributed by atoms with Crippen molar-refractivity contribution >= 4 is 5.91 Å². The second-order valence-corrected chi connectivity index (χ2v) is 1.79. The van der Waals surface area contributed by atoms with E-state index in [9.17, 15) is 4.79 Å². The standard InChI is InChI=1S/C5H11NO2/c1-4(7)3-6-5(2)8/h4,7H,3H2,1-2H3,(H,6,8)/t4-/m1/s1. The van der Waals surface area contributed by atoms with Crippen molar-refractivity contribution in [3.63, 3.8) is 0 Å². The van der Waals surface area contributed by atoms with E-state index in [1.165, 1.54) is 6.92 Å². The fourth-order valence-corrected chi connectivity index (χ4v) is 0.291. The Kier molecular flexibility index (Phi) is 3.19. The molecule has 1 atom stereocenters. The van der Waals surface area contributed by atoms with E-state index in [0.29, 0.717) is 6.54 Å². The van der Waals surface area contributed by atoms with Gasteiger partial charge in [0, 0.05) is 13.5 Å². The molecular formula is C5H11NO2. The van der Waals surface area contributed by atoms with Gasteiger partial charge in [-0.25, -0.2) is 0 Å². The molecular weight excluding hydrogens is 106 g/mol. The number of hydrogen-bond donors (Lipinski definition) is 2. The zero-order chi connectivity index (χ0) is 6.57. The van der Waals surface area contributed by atoms with Crippen LogP contribution in [0.4, 0.5) is 0 Å². The first kappa shape index (κ1) is 7.43. The molecule has 0 saturated heterocycles. The molecule has 0 radical (unpaired) electrons. The predicted octanol–water partition coefficient (Wildman–Crippen LogP) is -0.497. The lowest BCUT2D eigenvalue weighted by molar-refractivity contribution is -0.119. The Balaban J connectivity index is 3.05. The van der Waals surface area contributed by atoms with Gasteiger partial charge in [-0.1, -0.05) is 0 Å². The lowest BCUT2D eigenvalue weighted by atomic mass is 10.4. The molecule has 1 amide bonds. The van der Waals surface area contributed by atoms with Crippen LogP contribution in [0.5, 0.6) is 0 Å². The van der Waals surface area contributed by atoms with Crippen LogP contribution in [-0.2, 0) is 4.79 Å². The number of aliphatic hydroxyl groups is 1. The normalized spacial score (nSPS) is 12.9. The highest BCUT2D eigenvalue weighted by Gasteiger charge is 1.93. The summed E-state index contributed by atoms with van der Waals surface area (Å²) in [6.45, 7) is 3.38. The largest absolute Gasteiger partial charge is 0.392 e. The van der Waals surface area contributed by atoms with Gasteiger partial charge in [0.25, 0.3) is 0 Å². The van der Waals surface area contributed by atoms with E-state index in [0.717, 1.165) is 0 Å². The Bertz CT molecular complexity index is 80.5. The van der Waals surface area contributed by atoms with E-state index in [-0.39, 0.29) is 5.91 Å². The van der Waals surface area contributed by atoms with Crippen LogP contribution in [0.3, 0.4) is 0 Å². The minimum absolute atomic E-state index is 0.106. The van der Waals surface area contributed by atoms with Gasteiger partial charge in [0.15, 0.2) is 0 Å². The third-order valence-electron chi connectivity index (χ3n) is 0.646. The van der Waals surface area contributed by atoms with Crippen LogP contribution in [0.1, 0.15) is 13.8 Å². The summed E-state index contributed by atoms with van der Waals surface area (Å²) in [4.78, 5) is 10.1. The fourth-order valence-electron chi connectivity index (χ4n) is 0.291. The summed E-state index contributed by atoms with van der Waals surface area (Å²) < 4.78 is 0. The summed E-state index contributed by atoms with van der Waals surface area (Å²) in [6.07, 6.45) is -0.445. The SMILES string of the molecule is CC(=O)NC[C@@H](C)O. The van der Waals surface area contributed by atoms with Gasteiger partial charge in [0.2, 0.25) is 5.91 Å². The smallest absolute Gasteiger partial charge is 0.216 e. The summed E-state index contributed by atoms with van der Waals surface area (Å²) in [6, 6.07) is 0. The quantitative estimate of drug-likeness (QED) is 0.512. The molecule has 0 bridgehead atoms. The zero-order valence-corrected chi connectivity index (χ0v) is 5.14. The van der Waals surface area contributed by atoms with Crippen molar-refractivity contribution in [2.24, 2.45) is 0 Å². The molecule has 0 unspecified atom stereocenters. The van der Waals surface area contributed by atoms with Crippen molar-refractivity contribution in [3.8, 4) is 0 Å². The summed E-state index contributed by atoms with van der Waals surface area (Å²) in [7, 11) is 0. The van der Waals surface area contributed by atoms with Crippen LogP contribution in [0.15, 0.2) is 0 Å². The van der Waals surface area contributed by atoms with Gasteiger partial charge in [-0.05, 0) is 6.92 Å². The predicted molar refractivity (Wildman–Crippen MR) is 30.4 cm³/mol. The Labute approximate surface area is 48.7 Å². The number of aliphatic hydroxyl groups excluding tert-OH is 1. The van der Waals surface area contributed by atoms with Gasteiger partial charge in [-0.2, -0.15) is 0 Å². The second kappa shape index (κ2) is 3.43. The lowest BCUT2D eigenvalue weighted by Crippen LogP contribution is -2.28. The molecule has 0 aliphatic rings. The van der Waals surface area contributed by atoms with Crippen molar-refractivity contribution in [2.75, 3.05) is 6.54 Å². The van der Waals surface area contributed by atoms with Crippen LogP contribution in [0, 0.1) is 0 Å². The summed E-state index contributed by atoms with van der Waals surface area (Å²) >= 11 is 0. The molecule has 48 valence electrons. The molecule has 3 nitrogen and oxygen atoms in total. The molecule has 0 fully saturated rings. The molecule has 0 spiro atoms. The van der Waals surface area contributed by atoms with E-state index < -0.39 is 6.10 Å². The first-order valence-electron chi connectivity index (χ1n) is 2.55. The summed E-state index contributed by atoms with van der Waals surface area (Å²) in [5.41, 5.74) is 0. The maximum atomic E-state index is 10.1. The van der Waals surface area contributed by atoms with Gasteiger partial charge < -0.3 is 10.4 Å². The number of carbonyl (C=O) groups excluding carboxylic acids is 1.